The number of H-pyrrole nitrogens is 1. The molecule has 2 aliphatic rings. The number of ether oxygens (including phenoxy) is 1. The lowest BCUT2D eigenvalue weighted by Gasteiger charge is -2.35. The fourth-order valence-electron chi connectivity index (χ4n) is 4.60. The van der Waals surface area contributed by atoms with E-state index in [2.05, 4.69) is 26.7 Å². The van der Waals surface area contributed by atoms with Gasteiger partial charge in [-0.25, -0.2) is 9.37 Å². The van der Waals surface area contributed by atoms with Crippen molar-refractivity contribution in [2.45, 2.75) is 51.8 Å². The third kappa shape index (κ3) is 5.65. The molecule has 0 saturated carbocycles. The summed E-state index contributed by atoms with van der Waals surface area (Å²) < 4.78 is 19.8. The van der Waals surface area contributed by atoms with Gasteiger partial charge in [0.05, 0.1) is 18.1 Å². The lowest BCUT2D eigenvalue weighted by molar-refractivity contribution is 0.0564. The predicted octanol–water partition coefficient (Wildman–Crippen LogP) is 3.75. The zero-order valence-electron chi connectivity index (χ0n) is 17.4. The second-order valence-corrected chi connectivity index (χ2v) is 8.61. The van der Waals surface area contributed by atoms with Crippen LogP contribution in [-0.4, -0.2) is 58.7 Å². The summed E-state index contributed by atoms with van der Waals surface area (Å²) in [7, 11) is 0. The van der Waals surface area contributed by atoms with Crippen LogP contribution in [0.25, 0.3) is 0 Å². The number of likely N-dealkylation sites (tertiary alicyclic amines) is 1. The number of piperidine rings is 1. The molecule has 158 valence electrons. The summed E-state index contributed by atoms with van der Waals surface area (Å²) in [5.41, 5.74) is 3.10. The second kappa shape index (κ2) is 9.83. The van der Waals surface area contributed by atoms with E-state index in [4.69, 9.17) is 4.74 Å². The minimum atomic E-state index is -0.0910. The molecule has 0 bridgehead atoms. The first-order chi connectivity index (χ1) is 14.2. The largest absolute Gasteiger partial charge is 0.377 e. The van der Waals surface area contributed by atoms with Gasteiger partial charge in [-0.2, -0.15) is 0 Å². The van der Waals surface area contributed by atoms with Crippen LogP contribution in [0.5, 0.6) is 0 Å². The van der Waals surface area contributed by atoms with Crippen LogP contribution in [0.3, 0.4) is 0 Å². The number of rotatable bonds is 8. The van der Waals surface area contributed by atoms with Crippen molar-refractivity contribution in [3.05, 3.63) is 53.4 Å². The molecule has 1 N–H and O–H groups in total. The molecule has 1 aromatic heterocycles. The van der Waals surface area contributed by atoms with Crippen molar-refractivity contribution >= 4 is 0 Å². The molecule has 0 radical (unpaired) electrons. The number of imidazole rings is 1. The first kappa shape index (κ1) is 20.5. The van der Waals surface area contributed by atoms with Crippen LogP contribution in [0.1, 0.15) is 42.6 Å². The molecule has 0 spiro atoms. The lowest BCUT2D eigenvalue weighted by Crippen LogP contribution is -2.40. The molecule has 1 atom stereocenters. The van der Waals surface area contributed by atoms with Crippen LogP contribution < -0.4 is 0 Å². The van der Waals surface area contributed by atoms with E-state index in [1.165, 1.54) is 6.42 Å². The minimum Gasteiger partial charge on any atom is -0.377 e. The summed E-state index contributed by atoms with van der Waals surface area (Å²) in [6.45, 7) is 8.72. The third-order valence-electron chi connectivity index (χ3n) is 6.37. The Balaban J connectivity index is 1.30. The molecule has 4 rings (SSSR count). The Morgan fingerprint density at radius 3 is 2.72 bits per heavy atom. The summed E-state index contributed by atoms with van der Waals surface area (Å²) in [5, 5.41) is 0. The summed E-state index contributed by atoms with van der Waals surface area (Å²) >= 11 is 0. The van der Waals surface area contributed by atoms with Crippen LogP contribution in [0.4, 0.5) is 4.39 Å². The highest BCUT2D eigenvalue weighted by Gasteiger charge is 2.25. The average Bonchev–Trinajstić information content (AvgIpc) is 3.37. The quantitative estimate of drug-likeness (QED) is 0.733. The van der Waals surface area contributed by atoms with Crippen LogP contribution in [0.15, 0.2) is 30.6 Å². The van der Waals surface area contributed by atoms with E-state index in [0.717, 1.165) is 75.5 Å². The van der Waals surface area contributed by atoms with Gasteiger partial charge in [0.2, 0.25) is 0 Å². The number of hydrogen-bond donors (Lipinski definition) is 1. The van der Waals surface area contributed by atoms with Gasteiger partial charge in [0.1, 0.15) is 5.82 Å². The van der Waals surface area contributed by atoms with E-state index in [1.807, 2.05) is 12.1 Å². The summed E-state index contributed by atoms with van der Waals surface area (Å²) in [4.78, 5) is 12.6. The molecule has 2 fully saturated rings. The predicted molar refractivity (Wildman–Crippen MR) is 112 cm³/mol. The number of aryl methyl sites for hydroxylation is 1. The average molecular weight is 401 g/mol. The highest BCUT2D eigenvalue weighted by atomic mass is 19.1. The highest BCUT2D eigenvalue weighted by molar-refractivity contribution is 5.17. The minimum absolute atomic E-state index is 0.0910. The summed E-state index contributed by atoms with van der Waals surface area (Å²) in [6, 6.07) is 7.14. The first-order valence-corrected chi connectivity index (χ1v) is 11.0. The molecule has 1 aromatic carbocycles. The number of benzene rings is 1. The monoisotopic (exact) mass is 400 g/mol. The molecular formula is C23H33FN4O. The molecular weight excluding hydrogens is 367 g/mol. The number of halogens is 1. The maximum absolute atomic E-state index is 13.9. The maximum atomic E-state index is 13.9. The summed E-state index contributed by atoms with van der Waals surface area (Å²) in [5.74, 6) is 0.583. The molecule has 2 aliphatic heterocycles. The van der Waals surface area contributed by atoms with E-state index >= 15 is 0 Å². The molecule has 5 nitrogen and oxygen atoms in total. The smallest absolute Gasteiger partial charge is 0.127 e. The van der Waals surface area contributed by atoms with Crippen molar-refractivity contribution in [3.8, 4) is 0 Å². The molecule has 2 saturated heterocycles. The maximum Gasteiger partial charge on any atom is 0.127 e. The fourth-order valence-corrected chi connectivity index (χ4v) is 4.60. The van der Waals surface area contributed by atoms with Crippen molar-refractivity contribution in [1.82, 2.24) is 19.8 Å². The number of aromatic nitrogens is 2. The van der Waals surface area contributed by atoms with Crippen LogP contribution in [0, 0.1) is 18.7 Å². The first-order valence-electron chi connectivity index (χ1n) is 11.0. The van der Waals surface area contributed by atoms with Gasteiger partial charge in [-0.1, -0.05) is 18.2 Å². The van der Waals surface area contributed by atoms with Gasteiger partial charge < -0.3 is 9.72 Å². The molecule has 2 aromatic rings. The van der Waals surface area contributed by atoms with Gasteiger partial charge in [0.15, 0.2) is 0 Å². The SMILES string of the molecule is Cc1[nH]cnc1CN(CC1CCN(Cc2ccccc2F)CC1)C[C@H]1CCCO1. The second-order valence-electron chi connectivity index (χ2n) is 8.61. The van der Waals surface area contributed by atoms with Gasteiger partial charge in [-0.3, -0.25) is 9.80 Å². The lowest BCUT2D eigenvalue weighted by atomic mass is 9.95. The fraction of sp³-hybridized carbons (Fsp3) is 0.609. The Morgan fingerprint density at radius 1 is 1.21 bits per heavy atom. The Kier molecular flexibility index (Phi) is 6.95. The zero-order chi connectivity index (χ0) is 20.1. The van der Waals surface area contributed by atoms with Gasteiger partial charge in [-0.05, 0) is 57.7 Å². The van der Waals surface area contributed by atoms with E-state index in [9.17, 15) is 4.39 Å². The third-order valence-corrected chi connectivity index (χ3v) is 6.37. The standard InChI is InChI=1S/C23H33FN4O/c1-18-23(26-17-25-18)16-28(15-21-6-4-12-29-21)13-19-8-10-27(11-9-19)14-20-5-2-3-7-22(20)24/h2-3,5,7,17,19,21H,4,6,8-16H2,1H3,(H,25,26)/t21-/m1/s1. The van der Waals surface area contributed by atoms with Crippen molar-refractivity contribution < 1.29 is 9.13 Å². The van der Waals surface area contributed by atoms with Gasteiger partial charge in [0, 0.05) is 44.0 Å². The van der Waals surface area contributed by atoms with Crippen molar-refractivity contribution in [1.29, 1.82) is 0 Å². The molecule has 0 unspecified atom stereocenters. The number of nitrogens with zero attached hydrogens (tertiary/aromatic N) is 3. The van der Waals surface area contributed by atoms with Crippen molar-refractivity contribution in [2.24, 2.45) is 5.92 Å². The van der Waals surface area contributed by atoms with Crippen molar-refractivity contribution in [2.75, 3.05) is 32.8 Å². The highest BCUT2D eigenvalue weighted by Crippen LogP contribution is 2.23. The number of nitrogens with one attached hydrogen (secondary N) is 1. The molecule has 3 heterocycles. The van der Waals surface area contributed by atoms with Crippen LogP contribution in [0.2, 0.25) is 0 Å². The Labute approximate surface area is 173 Å². The normalized spacial score (nSPS) is 21.3. The van der Waals surface area contributed by atoms with Gasteiger partial charge >= 0.3 is 0 Å². The van der Waals surface area contributed by atoms with E-state index in [-0.39, 0.29) is 5.82 Å². The van der Waals surface area contributed by atoms with Crippen LogP contribution in [-0.2, 0) is 17.8 Å². The summed E-state index contributed by atoms with van der Waals surface area (Å²) in [6.07, 6.45) is 6.81. The van der Waals surface area contributed by atoms with E-state index < -0.39 is 0 Å². The number of hydrogen-bond acceptors (Lipinski definition) is 4. The molecule has 0 aliphatic carbocycles. The Morgan fingerprint density at radius 2 is 2.03 bits per heavy atom. The van der Waals surface area contributed by atoms with E-state index in [0.29, 0.717) is 18.6 Å². The van der Waals surface area contributed by atoms with Crippen molar-refractivity contribution in [3.63, 3.8) is 0 Å². The number of aromatic amines is 1. The Hall–Kier alpha value is -1.76. The zero-order valence-corrected chi connectivity index (χ0v) is 17.4. The van der Waals surface area contributed by atoms with Gasteiger partial charge in [0.25, 0.3) is 0 Å². The van der Waals surface area contributed by atoms with E-state index in [1.54, 1.807) is 18.5 Å². The molecule has 6 heteroatoms. The Bertz CT molecular complexity index is 766. The van der Waals surface area contributed by atoms with Gasteiger partial charge in [-0.15, -0.1) is 0 Å². The topological polar surface area (TPSA) is 44.4 Å². The molecule has 0 amide bonds. The van der Waals surface area contributed by atoms with Crippen LogP contribution >= 0.6 is 0 Å². The molecule has 29 heavy (non-hydrogen) atoms.